The third-order valence-corrected chi connectivity index (χ3v) is 4.43. The second-order valence-electron chi connectivity index (χ2n) is 5.41. The zero-order chi connectivity index (χ0) is 16.7. The van der Waals surface area contributed by atoms with Crippen molar-refractivity contribution in [3.63, 3.8) is 0 Å². The molecule has 0 atom stereocenters. The number of thiophene rings is 1. The van der Waals surface area contributed by atoms with Gasteiger partial charge in [-0.3, -0.25) is 9.59 Å². The maximum Gasteiger partial charge on any atom is 0.306 e. The van der Waals surface area contributed by atoms with Crippen molar-refractivity contribution in [2.45, 2.75) is 33.1 Å². The summed E-state index contributed by atoms with van der Waals surface area (Å²) >= 11 is 1.68. The van der Waals surface area contributed by atoms with E-state index >= 15 is 0 Å². The van der Waals surface area contributed by atoms with Gasteiger partial charge in [0, 0.05) is 17.0 Å². The first kappa shape index (κ1) is 17.2. The molecule has 0 spiro atoms. The summed E-state index contributed by atoms with van der Waals surface area (Å²) < 4.78 is 5.03. The normalized spacial score (nSPS) is 10.3. The molecule has 23 heavy (non-hydrogen) atoms. The number of amides is 1. The number of anilines is 1. The summed E-state index contributed by atoms with van der Waals surface area (Å²) in [5, 5.41) is 4.82. The van der Waals surface area contributed by atoms with Crippen molar-refractivity contribution in [3.8, 4) is 0 Å². The zero-order valence-electron chi connectivity index (χ0n) is 13.4. The third kappa shape index (κ3) is 5.53. The number of hydrogen-bond donors (Lipinski definition) is 1. The largest absolute Gasteiger partial charge is 0.456 e. The van der Waals surface area contributed by atoms with Crippen LogP contribution in [-0.4, -0.2) is 18.5 Å². The summed E-state index contributed by atoms with van der Waals surface area (Å²) in [6, 6.07) is 9.84. The van der Waals surface area contributed by atoms with Gasteiger partial charge in [0.05, 0.1) is 0 Å². The van der Waals surface area contributed by atoms with Crippen molar-refractivity contribution in [1.29, 1.82) is 0 Å². The molecule has 5 heteroatoms. The van der Waals surface area contributed by atoms with Crippen LogP contribution in [-0.2, 0) is 20.7 Å². The molecule has 0 aliphatic heterocycles. The molecule has 0 unspecified atom stereocenters. The Balaban J connectivity index is 1.70. The Morgan fingerprint density at radius 2 is 1.87 bits per heavy atom. The van der Waals surface area contributed by atoms with E-state index in [1.807, 2.05) is 49.6 Å². The highest BCUT2D eigenvalue weighted by molar-refractivity contribution is 7.09. The number of rotatable bonds is 7. The van der Waals surface area contributed by atoms with Gasteiger partial charge < -0.3 is 10.1 Å². The van der Waals surface area contributed by atoms with Crippen LogP contribution in [0.25, 0.3) is 0 Å². The number of carbonyl (C=O) groups excluding carboxylic acids is 2. The van der Waals surface area contributed by atoms with E-state index in [9.17, 15) is 9.59 Å². The van der Waals surface area contributed by atoms with Gasteiger partial charge in [-0.15, -0.1) is 11.3 Å². The number of aryl methyl sites for hydroxylation is 3. The lowest BCUT2D eigenvalue weighted by Gasteiger charge is -2.11. The van der Waals surface area contributed by atoms with E-state index in [0.717, 1.165) is 29.7 Å². The van der Waals surface area contributed by atoms with Crippen molar-refractivity contribution >= 4 is 28.9 Å². The van der Waals surface area contributed by atoms with E-state index in [0.29, 0.717) is 6.42 Å². The van der Waals surface area contributed by atoms with Crippen LogP contribution in [0.3, 0.4) is 0 Å². The molecule has 1 N–H and O–H groups in total. The first-order chi connectivity index (χ1) is 11.1. The van der Waals surface area contributed by atoms with Gasteiger partial charge in [0.25, 0.3) is 5.91 Å². The topological polar surface area (TPSA) is 55.4 Å². The van der Waals surface area contributed by atoms with Crippen LogP contribution in [0.15, 0.2) is 35.7 Å². The molecule has 1 aromatic heterocycles. The fourth-order valence-electron chi connectivity index (χ4n) is 2.27. The molecule has 0 aliphatic rings. The van der Waals surface area contributed by atoms with E-state index in [2.05, 4.69) is 5.32 Å². The summed E-state index contributed by atoms with van der Waals surface area (Å²) in [6.07, 6.45) is 1.92. The highest BCUT2D eigenvalue weighted by atomic mass is 32.1. The Bertz CT molecular complexity index is 645. The van der Waals surface area contributed by atoms with E-state index in [1.165, 1.54) is 4.88 Å². The minimum atomic E-state index is -0.335. The fraction of sp³-hybridized carbons (Fsp3) is 0.333. The summed E-state index contributed by atoms with van der Waals surface area (Å²) in [4.78, 5) is 24.8. The molecular weight excluding hydrogens is 310 g/mol. The Kier molecular flexibility index (Phi) is 6.35. The van der Waals surface area contributed by atoms with Gasteiger partial charge in [-0.1, -0.05) is 24.3 Å². The Hall–Kier alpha value is -2.14. The highest BCUT2D eigenvalue weighted by Crippen LogP contribution is 2.19. The molecular formula is C18H21NO3S. The first-order valence-electron chi connectivity index (χ1n) is 7.60. The molecule has 0 saturated carbocycles. The lowest BCUT2D eigenvalue weighted by molar-refractivity contribution is -0.147. The molecule has 2 aromatic rings. The standard InChI is InChI=1S/C18H21NO3S/c1-13-6-3-7-14(2)18(13)19-16(20)12-22-17(21)10-4-8-15-9-5-11-23-15/h3,5-7,9,11H,4,8,10,12H2,1-2H3,(H,19,20). The number of para-hydroxylation sites is 1. The first-order valence-corrected chi connectivity index (χ1v) is 8.48. The van der Waals surface area contributed by atoms with E-state index in [4.69, 9.17) is 4.74 Å². The minimum absolute atomic E-state index is 0.244. The Labute approximate surface area is 140 Å². The lowest BCUT2D eigenvalue weighted by atomic mass is 10.1. The molecule has 1 aromatic carbocycles. The number of hydrogen-bond acceptors (Lipinski definition) is 4. The average Bonchev–Trinajstić information content (AvgIpc) is 3.02. The highest BCUT2D eigenvalue weighted by Gasteiger charge is 2.10. The predicted molar refractivity (Wildman–Crippen MR) is 92.8 cm³/mol. The molecule has 4 nitrogen and oxygen atoms in total. The summed E-state index contributed by atoms with van der Waals surface area (Å²) in [5.74, 6) is -0.646. The number of carbonyl (C=O) groups is 2. The van der Waals surface area contributed by atoms with Gasteiger partial charge in [-0.05, 0) is 49.3 Å². The smallest absolute Gasteiger partial charge is 0.306 e. The van der Waals surface area contributed by atoms with Gasteiger partial charge in [0.15, 0.2) is 6.61 Å². The van der Waals surface area contributed by atoms with Gasteiger partial charge in [0.1, 0.15) is 0 Å². The Morgan fingerprint density at radius 1 is 1.13 bits per heavy atom. The van der Waals surface area contributed by atoms with E-state index in [-0.39, 0.29) is 18.5 Å². The molecule has 2 rings (SSSR count). The molecule has 0 fully saturated rings. The second kappa shape index (κ2) is 8.48. The minimum Gasteiger partial charge on any atom is -0.456 e. The monoisotopic (exact) mass is 331 g/mol. The molecule has 122 valence electrons. The van der Waals surface area contributed by atoms with Crippen molar-refractivity contribution < 1.29 is 14.3 Å². The summed E-state index contributed by atoms with van der Waals surface area (Å²) in [6.45, 7) is 3.62. The second-order valence-corrected chi connectivity index (χ2v) is 6.44. The van der Waals surface area contributed by atoms with E-state index < -0.39 is 0 Å². The molecule has 0 aliphatic carbocycles. The van der Waals surface area contributed by atoms with Crippen LogP contribution in [0.1, 0.15) is 28.8 Å². The molecule has 1 amide bonds. The fourth-order valence-corrected chi connectivity index (χ4v) is 3.02. The number of ether oxygens (including phenoxy) is 1. The zero-order valence-corrected chi connectivity index (χ0v) is 14.2. The molecule has 0 bridgehead atoms. The van der Waals surface area contributed by atoms with Crippen molar-refractivity contribution in [3.05, 3.63) is 51.7 Å². The maximum atomic E-state index is 11.9. The lowest BCUT2D eigenvalue weighted by Crippen LogP contribution is -2.21. The van der Waals surface area contributed by atoms with Crippen molar-refractivity contribution in [2.24, 2.45) is 0 Å². The van der Waals surface area contributed by atoms with Crippen LogP contribution in [0.5, 0.6) is 0 Å². The average molecular weight is 331 g/mol. The predicted octanol–water partition coefficient (Wildman–Crippen LogP) is 3.87. The maximum absolute atomic E-state index is 11.9. The van der Waals surface area contributed by atoms with Gasteiger partial charge in [0.2, 0.25) is 0 Å². The SMILES string of the molecule is Cc1cccc(C)c1NC(=O)COC(=O)CCCc1cccs1. The van der Waals surface area contributed by atoms with Crippen molar-refractivity contribution in [2.75, 3.05) is 11.9 Å². The number of nitrogens with one attached hydrogen (secondary N) is 1. The quantitative estimate of drug-likeness (QED) is 0.784. The molecule has 0 saturated heterocycles. The van der Waals surface area contributed by atoms with Gasteiger partial charge in [-0.2, -0.15) is 0 Å². The number of benzene rings is 1. The third-order valence-electron chi connectivity index (χ3n) is 3.49. The summed E-state index contributed by atoms with van der Waals surface area (Å²) in [5.41, 5.74) is 2.76. The van der Waals surface area contributed by atoms with Gasteiger partial charge in [-0.25, -0.2) is 0 Å². The van der Waals surface area contributed by atoms with Crippen LogP contribution in [0, 0.1) is 13.8 Å². The molecule has 1 heterocycles. The Morgan fingerprint density at radius 3 is 2.52 bits per heavy atom. The van der Waals surface area contributed by atoms with Crippen LogP contribution in [0.4, 0.5) is 5.69 Å². The van der Waals surface area contributed by atoms with E-state index in [1.54, 1.807) is 11.3 Å². The van der Waals surface area contributed by atoms with Crippen molar-refractivity contribution in [1.82, 2.24) is 0 Å². The summed E-state index contributed by atoms with van der Waals surface area (Å²) in [7, 11) is 0. The number of esters is 1. The molecule has 0 radical (unpaired) electrons. The van der Waals surface area contributed by atoms with Gasteiger partial charge >= 0.3 is 5.97 Å². The van der Waals surface area contributed by atoms with Crippen LogP contribution in [0.2, 0.25) is 0 Å². The van der Waals surface area contributed by atoms with Crippen LogP contribution < -0.4 is 5.32 Å². The van der Waals surface area contributed by atoms with Crippen LogP contribution >= 0.6 is 11.3 Å².